The van der Waals surface area contributed by atoms with Crippen LogP contribution in [0.3, 0.4) is 0 Å². The number of hydrogen-bond donors (Lipinski definition) is 1. The summed E-state index contributed by atoms with van der Waals surface area (Å²) in [5.41, 5.74) is 6.02. The molecule has 3 atom stereocenters. The van der Waals surface area contributed by atoms with E-state index in [2.05, 4.69) is 22.3 Å². The standard InChI is InChI=1S/C8H15N5O/c1-5-3-6(4-14-5)7(9)8-10-12-13(2)11-8/h5-7H,3-4,9H2,1-2H3. The van der Waals surface area contributed by atoms with Crippen molar-refractivity contribution in [3.05, 3.63) is 5.82 Å². The van der Waals surface area contributed by atoms with Gasteiger partial charge in [-0.1, -0.05) is 0 Å². The smallest absolute Gasteiger partial charge is 0.191 e. The number of rotatable bonds is 2. The van der Waals surface area contributed by atoms with Crippen molar-refractivity contribution in [2.75, 3.05) is 6.61 Å². The normalized spacial score (nSPS) is 29.4. The molecule has 1 aromatic rings. The van der Waals surface area contributed by atoms with Gasteiger partial charge in [0.05, 0.1) is 25.8 Å². The lowest BCUT2D eigenvalue weighted by molar-refractivity contribution is 0.118. The van der Waals surface area contributed by atoms with Crippen molar-refractivity contribution in [3.63, 3.8) is 0 Å². The zero-order chi connectivity index (χ0) is 10.1. The summed E-state index contributed by atoms with van der Waals surface area (Å²) in [5.74, 6) is 0.921. The first-order valence-electron chi connectivity index (χ1n) is 4.78. The first-order chi connectivity index (χ1) is 6.66. The van der Waals surface area contributed by atoms with Gasteiger partial charge in [0.15, 0.2) is 5.82 Å². The molecular formula is C8H15N5O. The van der Waals surface area contributed by atoms with Crippen molar-refractivity contribution in [3.8, 4) is 0 Å². The summed E-state index contributed by atoms with van der Waals surface area (Å²) < 4.78 is 5.45. The van der Waals surface area contributed by atoms with Crippen LogP contribution in [0.1, 0.15) is 25.2 Å². The highest BCUT2D eigenvalue weighted by Crippen LogP contribution is 2.27. The van der Waals surface area contributed by atoms with Gasteiger partial charge in [0, 0.05) is 5.92 Å². The second kappa shape index (κ2) is 3.62. The molecule has 6 nitrogen and oxygen atoms in total. The van der Waals surface area contributed by atoms with Crippen LogP contribution in [0, 0.1) is 5.92 Å². The van der Waals surface area contributed by atoms with Crippen molar-refractivity contribution < 1.29 is 4.74 Å². The SMILES string of the molecule is CC1CC(C(N)c2nnn(C)n2)CO1. The van der Waals surface area contributed by atoms with E-state index < -0.39 is 0 Å². The van der Waals surface area contributed by atoms with Crippen LogP contribution in [0.25, 0.3) is 0 Å². The van der Waals surface area contributed by atoms with E-state index in [1.54, 1.807) is 7.05 Å². The van der Waals surface area contributed by atoms with Gasteiger partial charge in [-0.3, -0.25) is 0 Å². The van der Waals surface area contributed by atoms with Gasteiger partial charge in [-0.2, -0.15) is 4.80 Å². The molecule has 0 aliphatic carbocycles. The molecule has 2 heterocycles. The number of hydrogen-bond acceptors (Lipinski definition) is 5. The molecule has 1 saturated heterocycles. The Morgan fingerprint density at radius 3 is 2.93 bits per heavy atom. The van der Waals surface area contributed by atoms with Crippen LogP contribution in [0.2, 0.25) is 0 Å². The maximum atomic E-state index is 6.02. The third-order valence-electron chi connectivity index (χ3n) is 2.56. The molecule has 78 valence electrons. The number of nitrogens with zero attached hydrogens (tertiary/aromatic N) is 4. The second-order valence-electron chi connectivity index (χ2n) is 3.80. The molecule has 1 aliphatic rings. The summed E-state index contributed by atoms with van der Waals surface area (Å²) in [6.45, 7) is 2.75. The maximum absolute atomic E-state index is 6.02. The third-order valence-corrected chi connectivity index (χ3v) is 2.56. The minimum atomic E-state index is -0.159. The maximum Gasteiger partial charge on any atom is 0.191 e. The summed E-state index contributed by atoms with van der Waals surface area (Å²) >= 11 is 0. The largest absolute Gasteiger partial charge is 0.378 e. The number of ether oxygens (including phenoxy) is 1. The summed E-state index contributed by atoms with van der Waals surface area (Å²) in [5, 5.41) is 11.8. The van der Waals surface area contributed by atoms with Crippen LogP contribution in [0.5, 0.6) is 0 Å². The number of tetrazole rings is 1. The molecule has 3 unspecified atom stereocenters. The molecule has 1 aromatic heterocycles. The first kappa shape index (κ1) is 9.54. The van der Waals surface area contributed by atoms with Crippen molar-refractivity contribution >= 4 is 0 Å². The molecule has 0 saturated carbocycles. The van der Waals surface area contributed by atoms with Gasteiger partial charge in [-0.05, 0) is 18.6 Å². The Labute approximate surface area is 82.4 Å². The summed E-state index contributed by atoms with van der Waals surface area (Å²) in [4.78, 5) is 1.43. The van der Waals surface area contributed by atoms with E-state index in [0.29, 0.717) is 24.5 Å². The summed E-state index contributed by atoms with van der Waals surface area (Å²) in [6, 6.07) is -0.159. The number of nitrogens with two attached hydrogens (primary N) is 1. The fraction of sp³-hybridized carbons (Fsp3) is 0.875. The molecule has 2 N–H and O–H groups in total. The Hall–Kier alpha value is -1.01. The average molecular weight is 197 g/mol. The van der Waals surface area contributed by atoms with Crippen molar-refractivity contribution in [2.24, 2.45) is 18.7 Å². The van der Waals surface area contributed by atoms with Gasteiger partial charge >= 0.3 is 0 Å². The van der Waals surface area contributed by atoms with Gasteiger partial charge in [0.1, 0.15) is 0 Å². The monoisotopic (exact) mass is 197 g/mol. The molecule has 0 bridgehead atoms. The molecule has 1 aliphatic heterocycles. The Bertz CT molecular complexity index is 312. The van der Waals surface area contributed by atoms with E-state index >= 15 is 0 Å². The lowest BCUT2D eigenvalue weighted by Gasteiger charge is -2.12. The lowest BCUT2D eigenvalue weighted by atomic mass is 9.97. The van der Waals surface area contributed by atoms with Crippen LogP contribution < -0.4 is 5.73 Å². The first-order valence-corrected chi connectivity index (χ1v) is 4.78. The highest BCUT2D eigenvalue weighted by molar-refractivity contribution is 4.93. The lowest BCUT2D eigenvalue weighted by Crippen LogP contribution is -2.23. The molecule has 2 rings (SSSR count). The van der Waals surface area contributed by atoms with Gasteiger partial charge in [0.2, 0.25) is 0 Å². The Morgan fingerprint density at radius 1 is 1.64 bits per heavy atom. The van der Waals surface area contributed by atoms with Crippen LogP contribution in [0.15, 0.2) is 0 Å². The fourth-order valence-electron chi connectivity index (χ4n) is 1.74. The predicted molar refractivity (Wildman–Crippen MR) is 49.2 cm³/mol. The minimum Gasteiger partial charge on any atom is -0.378 e. The second-order valence-corrected chi connectivity index (χ2v) is 3.80. The molecule has 1 fully saturated rings. The van der Waals surface area contributed by atoms with E-state index in [0.717, 1.165) is 6.42 Å². The molecule has 14 heavy (non-hydrogen) atoms. The zero-order valence-electron chi connectivity index (χ0n) is 8.42. The third kappa shape index (κ3) is 1.76. The van der Waals surface area contributed by atoms with E-state index in [9.17, 15) is 0 Å². The van der Waals surface area contributed by atoms with Crippen molar-refractivity contribution in [1.29, 1.82) is 0 Å². The zero-order valence-corrected chi connectivity index (χ0v) is 8.42. The summed E-state index contributed by atoms with van der Waals surface area (Å²) in [6.07, 6.45) is 1.27. The average Bonchev–Trinajstić information content (AvgIpc) is 2.73. The highest BCUT2D eigenvalue weighted by atomic mass is 16.5. The van der Waals surface area contributed by atoms with E-state index in [-0.39, 0.29) is 6.04 Å². The van der Waals surface area contributed by atoms with Crippen LogP contribution in [-0.4, -0.2) is 32.9 Å². The Morgan fingerprint density at radius 2 is 2.43 bits per heavy atom. The number of aromatic nitrogens is 4. The van der Waals surface area contributed by atoms with E-state index in [4.69, 9.17) is 10.5 Å². The highest BCUT2D eigenvalue weighted by Gasteiger charge is 2.30. The number of aryl methyl sites for hydroxylation is 1. The predicted octanol–water partition coefficient (Wildman–Crippen LogP) is -0.365. The Balaban J connectivity index is 2.05. The molecule has 0 radical (unpaired) electrons. The molecule has 0 aromatic carbocycles. The molecule has 0 amide bonds. The summed E-state index contributed by atoms with van der Waals surface area (Å²) in [7, 11) is 1.73. The van der Waals surface area contributed by atoms with Gasteiger partial charge in [-0.25, -0.2) is 0 Å². The van der Waals surface area contributed by atoms with Crippen LogP contribution in [-0.2, 0) is 11.8 Å². The molecule has 0 spiro atoms. The Kier molecular flexibility index (Phi) is 2.47. The van der Waals surface area contributed by atoms with Crippen molar-refractivity contribution in [2.45, 2.75) is 25.5 Å². The van der Waals surface area contributed by atoms with Crippen molar-refractivity contribution in [1.82, 2.24) is 20.2 Å². The van der Waals surface area contributed by atoms with Gasteiger partial charge in [-0.15, -0.1) is 10.2 Å². The van der Waals surface area contributed by atoms with Crippen LogP contribution >= 0.6 is 0 Å². The van der Waals surface area contributed by atoms with E-state index in [1.165, 1.54) is 4.80 Å². The topological polar surface area (TPSA) is 78.9 Å². The van der Waals surface area contributed by atoms with E-state index in [1.807, 2.05) is 0 Å². The van der Waals surface area contributed by atoms with Crippen LogP contribution in [0.4, 0.5) is 0 Å². The fourth-order valence-corrected chi connectivity index (χ4v) is 1.74. The molecule has 6 heteroatoms. The minimum absolute atomic E-state index is 0.159. The van der Waals surface area contributed by atoms with Gasteiger partial charge < -0.3 is 10.5 Å². The molecular weight excluding hydrogens is 182 g/mol. The quantitative estimate of drug-likeness (QED) is 0.700. The van der Waals surface area contributed by atoms with Gasteiger partial charge in [0.25, 0.3) is 0 Å².